The van der Waals surface area contributed by atoms with Crippen molar-refractivity contribution in [2.45, 2.75) is 0 Å². The smallest absolute Gasteiger partial charge is 0.137 e. The van der Waals surface area contributed by atoms with Crippen molar-refractivity contribution in [1.82, 2.24) is 9.13 Å². The van der Waals surface area contributed by atoms with Crippen LogP contribution in [-0.4, -0.2) is 9.13 Å². The highest BCUT2D eigenvalue weighted by molar-refractivity contribution is 7.26. The number of fused-ring (bicyclic) bond motifs is 13. The zero-order chi connectivity index (χ0) is 33.9. The Bertz CT molecular complexity index is 3400. The van der Waals surface area contributed by atoms with E-state index in [0.29, 0.717) is 0 Å². The first kappa shape index (κ1) is 28.1. The Morgan fingerprint density at radius 1 is 0.346 bits per heavy atom. The molecular weight excluding hydrogens is 653 g/mol. The van der Waals surface area contributed by atoms with Gasteiger partial charge in [0.05, 0.1) is 22.1 Å². The molecule has 12 aromatic rings. The maximum Gasteiger partial charge on any atom is 0.137 e. The van der Waals surface area contributed by atoms with E-state index in [4.69, 9.17) is 4.42 Å². The Kier molecular flexibility index (Phi) is 5.65. The Morgan fingerprint density at radius 3 is 1.71 bits per heavy atom. The van der Waals surface area contributed by atoms with Crippen molar-refractivity contribution in [2.24, 2.45) is 0 Å². The molecule has 0 saturated carbocycles. The summed E-state index contributed by atoms with van der Waals surface area (Å²) in [5.41, 5.74) is 11.3. The number of furan rings is 1. The molecule has 0 amide bonds. The number of hydrogen-bond donors (Lipinski definition) is 0. The van der Waals surface area contributed by atoms with E-state index in [1.54, 1.807) is 0 Å². The molecule has 0 fully saturated rings. The number of rotatable bonds is 3. The third kappa shape index (κ3) is 3.84. The first-order valence-corrected chi connectivity index (χ1v) is 18.5. The van der Waals surface area contributed by atoms with Gasteiger partial charge in [0.2, 0.25) is 0 Å². The van der Waals surface area contributed by atoms with Gasteiger partial charge in [0, 0.05) is 69.9 Å². The van der Waals surface area contributed by atoms with Crippen molar-refractivity contribution >= 4 is 97.1 Å². The maximum absolute atomic E-state index is 6.39. The lowest BCUT2D eigenvalue weighted by Crippen LogP contribution is -1.93. The van der Waals surface area contributed by atoms with Gasteiger partial charge in [0.15, 0.2) is 0 Å². The third-order valence-electron chi connectivity index (χ3n) is 10.9. The van der Waals surface area contributed by atoms with Gasteiger partial charge in [0.25, 0.3) is 0 Å². The summed E-state index contributed by atoms with van der Waals surface area (Å²) in [6.45, 7) is 0. The molecule has 52 heavy (non-hydrogen) atoms. The molecule has 0 saturated heterocycles. The monoisotopic (exact) mass is 680 g/mol. The highest BCUT2D eigenvalue weighted by Crippen LogP contribution is 2.45. The number of thiophene rings is 1. The second-order valence-electron chi connectivity index (χ2n) is 13.7. The molecule has 12 rings (SSSR count). The van der Waals surface area contributed by atoms with Crippen LogP contribution in [0, 0.1) is 0 Å². The van der Waals surface area contributed by atoms with Crippen LogP contribution in [0.15, 0.2) is 174 Å². The Morgan fingerprint density at radius 2 is 0.942 bits per heavy atom. The molecule has 8 aromatic carbocycles. The number of nitrogens with zero attached hydrogens (tertiary/aromatic N) is 2. The van der Waals surface area contributed by atoms with Crippen LogP contribution in [0.1, 0.15) is 0 Å². The van der Waals surface area contributed by atoms with Crippen LogP contribution < -0.4 is 0 Å². The minimum atomic E-state index is 0.904. The van der Waals surface area contributed by atoms with Gasteiger partial charge in [0.1, 0.15) is 11.2 Å². The second-order valence-corrected chi connectivity index (χ2v) is 14.8. The number of benzene rings is 8. The minimum absolute atomic E-state index is 0.904. The van der Waals surface area contributed by atoms with E-state index in [2.05, 4.69) is 173 Å². The van der Waals surface area contributed by atoms with E-state index in [-0.39, 0.29) is 0 Å². The van der Waals surface area contributed by atoms with Crippen LogP contribution >= 0.6 is 11.3 Å². The fourth-order valence-electron chi connectivity index (χ4n) is 8.63. The fourth-order valence-corrected chi connectivity index (χ4v) is 9.75. The summed E-state index contributed by atoms with van der Waals surface area (Å²) in [7, 11) is 0. The SMILES string of the molecule is c1ccc(-n2c3ccc(-c4ccc5c(c4)c4c6c(ccc4n5-c4ccccc4)sc4ccccc46)cc3c3cc4c(cc32)oc2ccccc24)cc1. The van der Waals surface area contributed by atoms with Gasteiger partial charge in [-0.1, -0.05) is 84.9 Å². The molecule has 242 valence electrons. The molecule has 0 radical (unpaired) electrons. The van der Waals surface area contributed by atoms with Gasteiger partial charge in [-0.15, -0.1) is 11.3 Å². The molecule has 4 aromatic heterocycles. The van der Waals surface area contributed by atoms with Gasteiger partial charge >= 0.3 is 0 Å². The lowest BCUT2D eigenvalue weighted by molar-refractivity contribution is 0.669. The van der Waals surface area contributed by atoms with Crippen LogP contribution in [0.3, 0.4) is 0 Å². The highest BCUT2D eigenvalue weighted by Gasteiger charge is 2.20. The molecule has 0 aliphatic rings. The van der Waals surface area contributed by atoms with Gasteiger partial charge in [-0.05, 0) is 90.0 Å². The number of aromatic nitrogens is 2. The van der Waals surface area contributed by atoms with Crippen molar-refractivity contribution in [2.75, 3.05) is 0 Å². The van der Waals surface area contributed by atoms with Crippen LogP contribution in [-0.2, 0) is 0 Å². The standard InChI is InChI=1S/C48H28N2OS/c1-3-11-31(12-4-1)49-40-22-20-30(26-38(40)47-41(49)23-24-46-48(47)34-16-8-10-18-45(34)52-46)29-19-21-39-35(25-29)36-27-37-33-15-7-9-17-43(33)51-44(37)28-42(36)50(39)32-13-5-2-6-14-32/h1-28H. The van der Waals surface area contributed by atoms with Crippen molar-refractivity contribution in [3.63, 3.8) is 0 Å². The van der Waals surface area contributed by atoms with Crippen molar-refractivity contribution in [3.8, 4) is 22.5 Å². The molecule has 0 spiro atoms. The molecule has 0 unspecified atom stereocenters. The first-order chi connectivity index (χ1) is 25.8. The van der Waals surface area contributed by atoms with E-state index in [9.17, 15) is 0 Å². The van der Waals surface area contributed by atoms with Crippen molar-refractivity contribution in [3.05, 3.63) is 170 Å². The molecule has 0 N–H and O–H groups in total. The molecule has 4 heteroatoms. The zero-order valence-corrected chi connectivity index (χ0v) is 28.7. The van der Waals surface area contributed by atoms with E-state index in [1.165, 1.54) is 75.1 Å². The zero-order valence-electron chi connectivity index (χ0n) is 27.9. The number of hydrogen-bond acceptors (Lipinski definition) is 2. The van der Waals surface area contributed by atoms with Gasteiger partial charge in [-0.25, -0.2) is 0 Å². The van der Waals surface area contributed by atoms with Crippen LogP contribution in [0.2, 0.25) is 0 Å². The molecular formula is C48H28N2OS. The molecule has 3 nitrogen and oxygen atoms in total. The molecule has 0 atom stereocenters. The second kappa shape index (κ2) is 10.5. The van der Waals surface area contributed by atoms with Gasteiger partial charge in [-0.3, -0.25) is 0 Å². The Balaban J connectivity index is 1.16. The predicted molar refractivity (Wildman–Crippen MR) is 221 cm³/mol. The summed E-state index contributed by atoms with van der Waals surface area (Å²) in [6, 6.07) is 61.7. The van der Waals surface area contributed by atoms with Crippen molar-refractivity contribution in [1.29, 1.82) is 0 Å². The summed E-state index contributed by atoms with van der Waals surface area (Å²) < 4.78 is 13.8. The Labute approximate surface area is 301 Å². The predicted octanol–water partition coefficient (Wildman–Crippen LogP) is 13.8. The molecule has 4 heterocycles. The van der Waals surface area contributed by atoms with E-state index in [1.807, 2.05) is 17.4 Å². The normalized spacial score (nSPS) is 12.2. The first-order valence-electron chi connectivity index (χ1n) is 17.7. The lowest BCUT2D eigenvalue weighted by Gasteiger charge is -2.09. The summed E-state index contributed by atoms with van der Waals surface area (Å²) >= 11 is 1.88. The topological polar surface area (TPSA) is 23.0 Å². The maximum atomic E-state index is 6.39. The van der Waals surface area contributed by atoms with Gasteiger partial charge in [-0.2, -0.15) is 0 Å². The summed E-state index contributed by atoms with van der Waals surface area (Å²) in [5, 5.41) is 9.96. The van der Waals surface area contributed by atoms with Crippen molar-refractivity contribution < 1.29 is 4.42 Å². The highest BCUT2D eigenvalue weighted by atomic mass is 32.1. The largest absolute Gasteiger partial charge is 0.456 e. The number of para-hydroxylation sites is 3. The summed E-state index contributed by atoms with van der Waals surface area (Å²) in [6.07, 6.45) is 0. The summed E-state index contributed by atoms with van der Waals surface area (Å²) in [4.78, 5) is 0. The molecule has 0 aliphatic heterocycles. The minimum Gasteiger partial charge on any atom is -0.456 e. The van der Waals surface area contributed by atoms with Gasteiger partial charge < -0.3 is 13.6 Å². The van der Waals surface area contributed by atoms with Crippen LogP contribution in [0.25, 0.3) is 108 Å². The average Bonchev–Trinajstić information content (AvgIpc) is 3.94. The van der Waals surface area contributed by atoms with Crippen LogP contribution in [0.5, 0.6) is 0 Å². The Hall–Kier alpha value is -6.62. The lowest BCUT2D eigenvalue weighted by atomic mass is 9.99. The van der Waals surface area contributed by atoms with E-state index in [0.717, 1.165) is 33.1 Å². The average molecular weight is 681 g/mol. The third-order valence-corrected chi connectivity index (χ3v) is 12.0. The fraction of sp³-hybridized carbons (Fsp3) is 0. The van der Waals surface area contributed by atoms with E-state index >= 15 is 0 Å². The summed E-state index contributed by atoms with van der Waals surface area (Å²) in [5.74, 6) is 0. The molecule has 0 bridgehead atoms. The quantitative estimate of drug-likeness (QED) is 0.182. The molecule has 0 aliphatic carbocycles. The van der Waals surface area contributed by atoms with E-state index < -0.39 is 0 Å². The van der Waals surface area contributed by atoms with Crippen LogP contribution in [0.4, 0.5) is 0 Å².